The van der Waals surface area contributed by atoms with Crippen molar-refractivity contribution in [2.24, 2.45) is 10.5 Å². The van der Waals surface area contributed by atoms with Crippen molar-refractivity contribution in [1.29, 1.82) is 0 Å². The van der Waals surface area contributed by atoms with Gasteiger partial charge in [0.15, 0.2) is 0 Å². The van der Waals surface area contributed by atoms with Crippen LogP contribution in [0.5, 0.6) is 0 Å². The van der Waals surface area contributed by atoms with E-state index in [0.29, 0.717) is 5.69 Å². The zero-order valence-electron chi connectivity index (χ0n) is 12.0. The molecule has 1 fully saturated rings. The lowest BCUT2D eigenvalue weighted by Crippen LogP contribution is -2.41. The van der Waals surface area contributed by atoms with Crippen LogP contribution in [0.4, 0.5) is 10.1 Å². The summed E-state index contributed by atoms with van der Waals surface area (Å²) in [5.41, 5.74) is 0.953. The standard InChI is InChI=1S/C16H18ClFN2O/c1-2-14-16(8-4-3-5-9-16)15(21)20(19-14)13-7-6-11(18)10-12(13)17/h6-7,10H,2-5,8-9H2,1H3. The maximum Gasteiger partial charge on any atom is 0.259 e. The summed E-state index contributed by atoms with van der Waals surface area (Å²) in [6.07, 6.45) is 5.73. The van der Waals surface area contributed by atoms with Crippen LogP contribution in [-0.2, 0) is 4.79 Å². The van der Waals surface area contributed by atoms with E-state index in [4.69, 9.17) is 11.6 Å². The second-order valence-corrected chi connectivity index (χ2v) is 6.16. The number of benzene rings is 1. The molecular weight excluding hydrogens is 291 g/mol. The van der Waals surface area contributed by atoms with Crippen molar-refractivity contribution in [3.63, 3.8) is 0 Å². The van der Waals surface area contributed by atoms with Crippen LogP contribution in [0.1, 0.15) is 45.4 Å². The molecule has 1 amide bonds. The largest absolute Gasteiger partial charge is 0.271 e. The van der Waals surface area contributed by atoms with Gasteiger partial charge in [0.1, 0.15) is 5.82 Å². The van der Waals surface area contributed by atoms with Gasteiger partial charge in [-0.05, 0) is 37.5 Å². The molecule has 3 nitrogen and oxygen atoms in total. The second kappa shape index (κ2) is 5.41. The molecule has 0 atom stereocenters. The molecule has 0 radical (unpaired) electrons. The average Bonchev–Trinajstić information content (AvgIpc) is 2.73. The third-order valence-electron chi connectivity index (χ3n) is 4.55. The molecule has 1 aromatic rings. The van der Waals surface area contributed by atoms with Crippen LogP contribution in [0.15, 0.2) is 23.3 Å². The minimum atomic E-state index is -0.454. The summed E-state index contributed by atoms with van der Waals surface area (Å²) < 4.78 is 13.2. The summed E-state index contributed by atoms with van der Waals surface area (Å²) in [6.45, 7) is 2.03. The van der Waals surface area contributed by atoms with Crippen LogP contribution < -0.4 is 5.01 Å². The zero-order valence-corrected chi connectivity index (χ0v) is 12.8. The van der Waals surface area contributed by atoms with Gasteiger partial charge in [-0.3, -0.25) is 4.79 Å². The maximum absolute atomic E-state index is 13.2. The van der Waals surface area contributed by atoms with E-state index < -0.39 is 11.2 Å². The lowest BCUT2D eigenvalue weighted by Gasteiger charge is -2.32. The minimum absolute atomic E-state index is 0.00689. The van der Waals surface area contributed by atoms with Gasteiger partial charge >= 0.3 is 0 Å². The fraction of sp³-hybridized carbons (Fsp3) is 0.500. The molecule has 1 aliphatic carbocycles. The third kappa shape index (κ3) is 2.26. The van der Waals surface area contributed by atoms with Crippen molar-refractivity contribution >= 4 is 28.9 Å². The van der Waals surface area contributed by atoms with Gasteiger partial charge in [0, 0.05) is 0 Å². The highest BCUT2D eigenvalue weighted by atomic mass is 35.5. The first-order chi connectivity index (χ1) is 10.1. The normalized spacial score (nSPS) is 21.0. The summed E-state index contributed by atoms with van der Waals surface area (Å²) in [7, 11) is 0. The summed E-state index contributed by atoms with van der Waals surface area (Å²) in [5, 5.41) is 6.12. The van der Waals surface area contributed by atoms with Gasteiger partial charge in [0.2, 0.25) is 0 Å². The van der Waals surface area contributed by atoms with Gasteiger partial charge in [-0.2, -0.15) is 10.1 Å². The fourth-order valence-corrected chi connectivity index (χ4v) is 3.72. The number of hydrogen-bond donors (Lipinski definition) is 0. The van der Waals surface area contributed by atoms with Gasteiger partial charge in [-0.1, -0.05) is 37.8 Å². The molecular formula is C16H18ClFN2O. The van der Waals surface area contributed by atoms with Gasteiger partial charge in [0.25, 0.3) is 5.91 Å². The van der Waals surface area contributed by atoms with Crippen LogP contribution in [-0.4, -0.2) is 11.6 Å². The number of anilines is 1. The predicted octanol–water partition coefficient (Wildman–Crippen LogP) is 4.54. The van der Waals surface area contributed by atoms with Crippen molar-refractivity contribution in [1.82, 2.24) is 0 Å². The Balaban J connectivity index is 2.01. The average molecular weight is 309 g/mol. The van der Waals surface area contributed by atoms with Crippen LogP contribution in [0.2, 0.25) is 5.02 Å². The minimum Gasteiger partial charge on any atom is -0.271 e. The number of hydrogen-bond acceptors (Lipinski definition) is 2. The molecule has 21 heavy (non-hydrogen) atoms. The van der Waals surface area contributed by atoms with E-state index >= 15 is 0 Å². The Kier molecular flexibility index (Phi) is 3.74. The number of carbonyl (C=O) groups excluding carboxylic acids is 1. The molecule has 1 heterocycles. The van der Waals surface area contributed by atoms with E-state index in [0.717, 1.165) is 37.8 Å². The molecule has 0 N–H and O–H groups in total. The molecule has 3 rings (SSSR count). The number of carbonyl (C=O) groups is 1. The molecule has 1 spiro atoms. The first kappa shape index (κ1) is 14.5. The van der Waals surface area contributed by atoms with E-state index in [1.165, 1.54) is 29.6 Å². The topological polar surface area (TPSA) is 32.7 Å². The summed E-state index contributed by atoms with van der Waals surface area (Å²) >= 11 is 6.09. The van der Waals surface area contributed by atoms with E-state index in [-0.39, 0.29) is 10.9 Å². The highest BCUT2D eigenvalue weighted by Gasteiger charge is 2.50. The summed E-state index contributed by atoms with van der Waals surface area (Å²) in [6, 6.07) is 4.05. The SMILES string of the molecule is CCC1=NN(c2ccc(F)cc2Cl)C(=O)C12CCCCC2. The molecule has 2 aliphatic rings. The van der Waals surface area contributed by atoms with Gasteiger partial charge in [0.05, 0.1) is 21.8 Å². The van der Waals surface area contributed by atoms with E-state index in [9.17, 15) is 9.18 Å². The van der Waals surface area contributed by atoms with Crippen LogP contribution in [0.25, 0.3) is 0 Å². The van der Waals surface area contributed by atoms with Crippen LogP contribution in [0.3, 0.4) is 0 Å². The fourth-order valence-electron chi connectivity index (χ4n) is 3.47. The highest BCUT2D eigenvalue weighted by Crippen LogP contribution is 2.45. The smallest absolute Gasteiger partial charge is 0.259 e. The highest BCUT2D eigenvalue weighted by molar-refractivity contribution is 6.34. The zero-order chi connectivity index (χ0) is 15.0. The first-order valence-electron chi connectivity index (χ1n) is 7.46. The third-order valence-corrected chi connectivity index (χ3v) is 4.86. The second-order valence-electron chi connectivity index (χ2n) is 5.76. The molecule has 1 saturated carbocycles. The molecule has 0 unspecified atom stereocenters. The number of halogens is 2. The Bertz CT molecular complexity index is 608. The van der Waals surface area contributed by atoms with Crippen molar-refractivity contribution in [2.75, 3.05) is 5.01 Å². The van der Waals surface area contributed by atoms with Crippen molar-refractivity contribution in [3.05, 3.63) is 29.0 Å². The molecule has 0 saturated heterocycles. The van der Waals surface area contributed by atoms with Crippen molar-refractivity contribution in [3.8, 4) is 0 Å². The van der Waals surface area contributed by atoms with E-state index in [1.54, 1.807) is 0 Å². The number of hydrazone groups is 1. The number of nitrogens with zero attached hydrogens (tertiary/aromatic N) is 2. The Hall–Kier alpha value is -1.42. The maximum atomic E-state index is 13.2. The van der Waals surface area contributed by atoms with E-state index in [1.807, 2.05) is 6.92 Å². The lowest BCUT2D eigenvalue weighted by atomic mass is 9.70. The molecule has 5 heteroatoms. The Morgan fingerprint density at radius 1 is 1.33 bits per heavy atom. The Morgan fingerprint density at radius 2 is 2.05 bits per heavy atom. The van der Waals surface area contributed by atoms with Crippen molar-refractivity contribution < 1.29 is 9.18 Å². The van der Waals surface area contributed by atoms with Crippen molar-refractivity contribution in [2.45, 2.75) is 45.4 Å². The molecule has 112 valence electrons. The van der Waals surface area contributed by atoms with Crippen LogP contribution in [0, 0.1) is 11.2 Å². The molecule has 1 aromatic carbocycles. The number of amides is 1. The molecule has 0 aromatic heterocycles. The lowest BCUT2D eigenvalue weighted by molar-refractivity contribution is -0.125. The quantitative estimate of drug-likeness (QED) is 0.789. The molecule has 0 bridgehead atoms. The monoisotopic (exact) mass is 308 g/mol. The summed E-state index contributed by atoms with van der Waals surface area (Å²) in [5.74, 6) is -0.421. The predicted molar refractivity (Wildman–Crippen MR) is 82.1 cm³/mol. The summed E-state index contributed by atoms with van der Waals surface area (Å²) in [4.78, 5) is 12.9. The van der Waals surface area contributed by atoms with Gasteiger partial charge in [-0.15, -0.1) is 0 Å². The first-order valence-corrected chi connectivity index (χ1v) is 7.84. The number of rotatable bonds is 2. The van der Waals surface area contributed by atoms with Gasteiger partial charge < -0.3 is 0 Å². The Labute approximate surface area is 128 Å². The van der Waals surface area contributed by atoms with Crippen LogP contribution >= 0.6 is 11.6 Å². The molecule has 1 aliphatic heterocycles. The Morgan fingerprint density at radius 3 is 2.67 bits per heavy atom. The van der Waals surface area contributed by atoms with E-state index in [2.05, 4.69) is 5.10 Å². The van der Waals surface area contributed by atoms with Gasteiger partial charge in [-0.25, -0.2) is 4.39 Å².